The largest absolute Gasteiger partial charge is 0.489 e. The lowest BCUT2D eigenvalue weighted by atomic mass is 9.77. The Hall–Kier alpha value is -2.48. The zero-order chi connectivity index (χ0) is 19.9. The van der Waals surface area contributed by atoms with Gasteiger partial charge in [0.05, 0.1) is 18.2 Å². The van der Waals surface area contributed by atoms with E-state index in [1.807, 2.05) is 0 Å². The predicted octanol–water partition coefficient (Wildman–Crippen LogP) is 2.65. The number of hydrogen-bond donors (Lipinski definition) is 2. The average Bonchev–Trinajstić information content (AvgIpc) is 2.85. The molecule has 9 heteroatoms. The van der Waals surface area contributed by atoms with Gasteiger partial charge in [0.25, 0.3) is 11.8 Å². The number of carbonyl (C=O) groups is 3. The maximum atomic E-state index is 12.9. The second-order valence-electron chi connectivity index (χ2n) is 7.61. The van der Waals surface area contributed by atoms with Crippen molar-refractivity contribution in [3.05, 3.63) is 22.7 Å². The van der Waals surface area contributed by atoms with E-state index in [0.717, 1.165) is 17.9 Å². The highest BCUT2D eigenvalue weighted by molar-refractivity contribution is 6.32. The molecule has 1 aliphatic carbocycles. The van der Waals surface area contributed by atoms with Crippen LogP contribution in [0.4, 0.5) is 4.79 Å². The van der Waals surface area contributed by atoms with Crippen LogP contribution in [0.1, 0.15) is 49.4 Å². The van der Waals surface area contributed by atoms with Crippen LogP contribution in [0.2, 0.25) is 5.02 Å². The molecule has 0 radical (unpaired) electrons. The van der Waals surface area contributed by atoms with Crippen LogP contribution in [-0.4, -0.2) is 41.6 Å². The third-order valence-corrected chi connectivity index (χ3v) is 5.85. The minimum absolute atomic E-state index is 0.174. The van der Waals surface area contributed by atoms with Crippen molar-refractivity contribution in [2.45, 2.75) is 44.6 Å². The van der Waals surface area contributed by atoms with E-state index in [1.165, 1.54) is 12.1 Å². The summed E-state index contributed by atoms with van der Waals surface area (Å²) in [5.74, 6) is 0.231. The molecule has 1 aromatic rings. The second kappa shape index (κ2) is 7.16. The molecule has 8 nitrogen and oxygen atoms in total. The summed E-state index contributed by atoms with van der Waals surface area (Å²) in [6.07, 6.45) is 3.55. The first-order chi connectivity index (χ1) is 13.4. The summed E-state index contributed by atoms with van der Waals surface area (Å²) >= 11 is 6.22. The van der Waals surface area contributed by atoms with Gasteiger partial charge in [-0.25, -0.2) is 4.79 Å². The summed E-state index contributed by atoms with van der Waals surface area (Å²) in [6, 6.07) is 2.31. The lowest BCUT2D eigenvalue weighted by molar-refractivity contribution is -0.134. The van der Waals surface area contributed by atoms with E-state index in [1.54, 1.807) is 0 Å². The van der Waals surface area contributed by atoms with Crippen molar-refractivity contribution >= 4 is 29.4 Å². The summed E-state index contributed by atoms with van der Waals surface area (Å²) in [6.45, 7) is 3.05. The van der Waals surface area contributed by atoms with Gasteiger partial charge < -0.3 is 14.8 Å². The van der Waals surface area contributed by atoms with E-state index in [2.05, 4.69) is 17.7 Å². The standard InChI is InChI=1S/C19H22ClN3O5/c1-11-3-5-19(6-4-11)17(25)23(18(26)21-19)22-16(24)12-9-13(20)15-14(10-12)27-7-2-8-28-15/h9-11H,2-8H2,1H3,(H,21,26)(H,22,24). The number of rotatable bonds is 2. The Bertz CT molecular complexity index is 835. The van der Waals surface area contributed by atoms with Crippen molar-refractivity contribution in [3.8, 4) is 11.5 Å². The first-order valence-electron chi connectivity index (χ1n) is 9.46. The maximum absolute atomic E-state index is 12.9. The van der Waals surface area contributed by atoms with Gasteiger partial charge in [-0.1, -0.05) is 18.5 Å². The first-order valence-corrected chi connectivity index (χ1v) is 9.84. The number of amides is 4. The fraction of sp³-hybridized carbons (Fsp3) is 0.526. The zero-order valence-corrected chi connectivity index (χ0v) is 16.3. The van der Waals surface area contributed by atoms with E-state index in [0.29, 0.717) is 49.9 Å². The van der Waals surface area contributed by atoms with Gasteiger partial charge in [-0.15, -0.1) is 0 Å². The van der Waals surface area contributed by atoms with Crippen molar-refractivity contribution in [2.75, 3.05) is 13.2 Å². The molecule has 0 aromatic heterocycles. The number of imide groups is 1. The second-order valence-corrected chi connectivity index (χ2v) is 8.02. The van der Waals surface area contributed by atoms with Crippen LogP contribution in [0.3, 0.4) is 0 Å². The third kappa shape index (κ3) is 3.26. The molecule has 150 valence electrons. The van der Waals surface area contributed by atoms with Crippen LogP contribution < -0.4 is 20.2 Å². The predicted molar refractivity (Wildman–Crippen MR) is 100 cm³/mol. The number of urea groups is 1. The molecular weight excluding hydrogens is 386 g/mol. The van der Waals surface area contributed by atoms with Crippen molar-refractivity contribution in [3.63, 3.8) is 0 Å². The minimum atomic E-state index is -0.917. The summed E-state index contributed by atoms with van der Waals surface area (Å²) in [7, 11) is 0. The van der Waals surface area contributed by atoms with Crippen LogP contribution in [0.5, 0.6) is 11.5 Å². The smallest absolute Gasteiger partial charge is 0.344 e. The van der Waals surface area contributed by atoms with E-state index in [4.69, 9.17) is 21.1 Å². The number of hydrazine groups is 1. The van der Waals surface area contributed by atoms with Crippen molar-refractivity contribution in [2.24, 2.45) is 5.92 Å². The molecule has 1 aromatic carbocycles. The average molecular weight is 408 g/mol. The van der Waals surface area contributed by atoms with Gasteiger partial charge in [-0.2, -0.15) is 5.01 Å². The summed E-state index contributed by atoms with van der Waals surface area (Å²) in [4.78, 5) is 37.9. The number of halogens is 1. The topological polar surface area (TPSA) is 97.0 Å². The van der Waals surface area contributed by atoms with Gasteiger partial charge in [0.2, 0.25) is 0 Å². The molecule has 2 N–H and O–H groups in total. The number of hydrogen-bond acceptors (Lipinski definition) is 5. The van der Waals surface area contributed by atoms with E-state index >= 15 is 0 Å². The van der Waals surface area contributed by atoms with Crippen LogP contribution in [-0.2, 0) is 4.79 Å². The van der Waals surface area contributed by atoms with Crippen molar-refractivity contribution < 1.29 is 23.9 Å². The molecule has 0 bridgehead atoms. The van der Waals surface area contributed by atoms with Crippen molar-refractivity contribution in [1.29, 1.82) is 0 Å². The van der Waals surface area contributed by atoms with Crippen LogP contribution in [0, 0.1) is 5.92 Å². The highest BCUT2D eigenvalue weighted by Gasteiger charge is 2.53. The molecule has 1 saturated carbocycles. The Morgan fingerprint density at radius 2 is 1.96 bits per heavy atom. The molecule has 2 aliphatic heterocycles. The Balaban J connectivity index is 1.52. The van der Waals surface area contributed by atoms with Gasteiger partial charge in [-0.3, -0.25) is 15.0 Å². The third-order valence-electron chi connectivity index (χ3n) is 5.57. The van der Waals surface area contributed by atoms with E-state index in [-0.39, 0.29) is 10.6 Å². The molecule has 28 heavy (non-hydrogen) atoms. The van der Waals surface area contributed by atoms with E-state index < -0.39 is 23.4 Å². The van der Waals surface area contributed by atoms with Crippen LogP contribution >= 0.6 is 11.6 Å². The molecule has 3 aliphatic rings. The molecular formula is C19H22ClN3O5. The molecule has 0 unspecified atom stereocenters. The van der Waals surface area contributed by atoms with Gasteiger partial charge in [0.15, 0.2) is 11.5 Å². The minimum Gasteiger partial charge on any atom is -0.489 e. The SMILES string of the molecule is CC1CCC2(CC1)NC(=O)N(NC(=O)c1cc(Cl)c3c(c1)OCCCO3)C2=O. The van der Waals surface area contributed by atoms with Gasteiger partial charge >= 0.3 is 6.03 Å². The maximum Gasteiger partial charge on any atom is 0.344 e. The molecule has 1 saturated heterocycles. The number of carbonyl (C=O) groups excluding carboxylic acids is 3. The Labute approximate surface area is 167 Å². The quantitative estimate of drug-likeness (QED) is 0.734. The fourth-order valence-corrected chi connectivity index (χ4v) is 4.11. The highest BCUT2D eigenvalue weighted by Crippen LogP contribution is 2.38. The molecule has 2 fully saturated rings. The van der Waals surface area contributed by atoms with Crippen LogP contribution in [0.25, 0.3) is 0 Å². The zero-order valence-electron chi connectivity index (χ0n) is 15.5. The number of ether oxygens (including phenoxy) is 2. The normalized spacial score (nSPS) is 26.8. The first kappa shape index (κ1) is 18.9. The highest BCUT2D eigenvalue weighted by atomic mass is 35.5. The molecule has 1 spiro atoms. The van der Waals surface area contributed by atoms with Crippen molar-refractivity contribution in [1.82, 2.24) is 15.8 Å². The Morgan fingerprint density at radius 1 is 1.25 bits per heavy atom. The lowest BCUT2D eigenvalue weighted by Gasteiger charge is -2.33. The van der Waals surface area contributed by atoms with Gasteiger partial charge in [-0.05, 0) is 43.7 Å². The summed E-state index contributed by atoms with van der Waals surface area (Å²) in [5, 5.41) is 3.78. The molecule has 2 heterocycles. The Kier molecular flexibility index (Phi) is 4.82. The Morgan fingerprint density at radius 3 is 2.71 bits per heavy atom. The number of fused-ring (bicyclic) bond motifs is 1. The van der Waals surface area contributed by atoms with Gasteiger partial charge in [0.1, 0.15) is 5.54 Å². The summed E-state index contributed by atoms with van der Waals surface area (Å²) < 4.78 is 11.1. The monoisotopic (exact) mass is 407 g/mol. The van der Waals surface area contributed by atoms with E-state index in [9.17, 15) is 14.4 Å². The molecule has 4 rings (SSSR count). The van der Waals surface area contributed by atoms with Crippen LogP contribution in [0.15, 0.2) is 12.1 Å². The summed E-state index contributed by atoms with van der Waals surface area (Å²) in [5.41, 5.74) is 1.66. The molecule has 0 atom stereocenters. The number of nitrogens with one attached hydrogen (secondary N) is 2. The number of nitrogens with zero attached hydrogens (tertiary/aromatic N) is 1. The lowest BCUT2D eigenvalue weighted by Crippen LogP contribution is -2.51. The fourth-order valence-electron chi connectivity index (χ4n) is 3.84. The number of benzene rings is 1. The molecule has 4 amide bonds. The van der Waals surface area contributed by atoms with Gasteiger partial charge in [0, 0.05) is 12.0 Å².